The van der Waals surface area contributed by atoms with Gasteiger partial charge in [-0.1, -0.05) is 23.7 Å². The van der Waals surface area contributed by atoms with E-state index in [9.17, 15) is 4.79 Å². The van der Waals surface area contributed by atoms with E-state index in [4.69, 9.17) is 21.7 Å². The van der Waals surface area contributed by atoms with Crippen molar-refractivity contribution >= 4 is 35.0 Å². The van der Waals surface area contributed by atoms with Gasteiger partial charge < -0.3 is 15.4 Å². The van der Waals surface area contributed by atoms with Gasteiger partial charge in [0.2, 0.25) is 5.91 Å². The fraction of sp³-hybridized carbons (Fsp3) is 0.429. The minimum atomic E-state index is -0.788. The van der Waals surface area contributed by atoms with Crippen molar-refractivity contribution in [3.8, 4) is 0 Å². The van der Waals surface area contributed by atoms with E-state index in [2.05, 4.69) is 20.8 Å². The Morgan fingerprint density at radius 1 is 1.27 bits per heavy atom. The zero-order chi connectivity index (χ0) is 21.3. The number of rotatable bonds is 4. The predicted octanol–water partition coefficient (Wildman–Crippen LogP) is 3.33. The number of ether oxygens (including phenoxy) is 1. The van der Waals surface area contributed by atoms with Gasteiger partial charge in [0.15, 0.2) is 11.8 Å². The Labute approximate surface area is 180 Å². The number of hydrogen-bond donors (Lipinski definition) is 3. The lowest BCUT2D eigenvalue weighted by molar-refractivity contribution is -0.133. The Hall–Kier alpha value is -2.71. The van der Waals surface area contributed by atoms with Gasteiger partial charge in [-0.15, -0.1) is 5.10 Å². The van der Waals surface area contributed by atoms with Crippen molar-refractivity contribution in [2.75, 3.05) is 18.5 Å². The molecule has 1 amide bonds. The van der Waals surface area contributed by atoms with Gasteiger partial charge >= 0.3 is 0 Å². The molecular weight excluding hydrogens is 404 g/mol. The number of carbonyl (C=O) groups is 1. The highest BCUT2D eigenvalue weighted by atomic mass is 35.5. The maximum atomic E-state index is 13.0. The van der Waals surface area contributed by atoms with E-state index in [1.807, 2.05) is 44.2 Å². The fourth-order valence-corrected chi connectivity index (χ4v) is 4.41. The monoisotopic (exact) mass is 428 g/mol. The number of aryl methyl sites for hydroxylation is 1. The molecule has 1 aromatic heterocycles. The smallest absolute Gasteiger partial charge is 0.232 e. The van der Waals surface area contributed by atoms with Crippen LogP contribution >= 0.6 is 11.6 Å². The Bertz CT molecular complexity index is 940. The minimum absolute atomic E-state index is 0.000570. The van der Waals surface area contributed by atoms with E-state index in [1.165, 1.54) is 0 Å². The Balaban J connectivity index is 1.58. The molecule has 2 fully saturated rings. The molecule has 0 spiro atoms. The zero-order valence-corrected chi connectivity index (χ0v) is 17.8. The van der Waals surface area contributed by atoms with E-state index >= 15 is 0 Å². The van der Waals surface area contributed by atoms with Crippen molar-refractivity contribution in [3.05, 3.63) is 46.6 Å². The molecule has 30 heavy (non-hydrogen) atoms. The molecule has 0 saturated carbocycles. The fourth-order valence-electron chi connectivity index (χ4n) is 4.03. The predicted molar refractivity (Wildman–Crippen MR) is 115 cm³/mol. The molecule has 1 atom stereocenters. The van der Waals surface area contributed by atoms with Crippen molar-refractivity contribution in [1.82, 2.24) is 20.4 Å². The van der Waals surface area contributed by atoms with Crippen LogP contribution in [0.1, 0.15) is 37.4 Å². The van der Waals surface area contributed by atoms with Crippen LogP contribution in [0.15, 0.2) is 30.3 Å². The Kier molecular flexibility index (Phi) is 5.62. The molecule has 2 aliphatic heterocycles. The molecular formula is C21H25ClN6O2. The maximum absolute atomic E-state index is 13.0. The van der Waals surface area contributed by atoms with Gasteiger partial charge in [-0.3, -0.25) is 15.1 Å². The SMILES string of the molecule is Cc1ccc(Nc2cccc([C@]3(C)CC(=O)N(C4CCOCC4)C(=N)N3)c2Cl)nn1. The molecule has 3 heterocycles. The number of benzene rings is 1. The lowest BCUT2D eigenvalue weighted by Gasteiger charge is -2.45. The van der Waals surface area contributed by atoms with Crippen LogP contribution in [0.4, 0.5) is 11.5 Å². The Morgan fingerprint density at radius 3 is 2.70 bits per heavy atom. The quantitative estimate of drug-likeness (QED) is 0.690. The molecule has 8 nitrogen and oxygen atoms in total. The molecule has 9 heteroatoms. The van der Waals surface area contributed by atoms with Crippen LogP contribution in [0.5, 0.6) is 0 Å². The summed E-state index contributed by atoms with van der Waals surface area (Å²) in [6, 6.07) is 9.29. The van der Waals surface area contributed by atoms with Gasteiger partial charge in [-0.25, -0.2) is 0 Å². The molecule has 4 rings (SSSR count). The highest BCUT2D eigenvalue weighted by molar-refractivity contribution is 6.34. The molecule has 2 saturated heterocycles. The number of halogens is 1. The van der Waals surface area contributed by atoms with Gasteiger partial charge in [-0.05, 0) is 50.5 Å². The second kappa shape index (κ2) is 8.20. The standard InChI is InChI=1S/C21H25ClN6O2/c1-13-6-7-17(27-26-13)24-16-5-3-4-15(19(16)22)21(2)12-18(29)28(20(23)25-21)14-8-10-30-11-9-14/h3-7,14H,8-12H2,1-2H3,(H2,23,25)(H,24,27)/t21-/m0/s1. The largest absolute Gasteiger partial charge is 0.381 e. The third kappa shape index (κ3) is 3.97. The van der Waals surface area contributed by atoms with Crippen molar-refractivity contribution in [3.63, 3.8) is 0 Å². The number of hydrogen-bond acceptors (Lipinski definition) is 6. The van der Waals surface area contributed by atoms with Gasteiger partial charge in [0.1, 0.15) is 0 Å². The average molecular weight is 429 g/mol. The van der Waals surface area contributed by atoms with Gasteiger partial charge in [0.05, 0.1) is 28.4 Å². The van der Waals surface area contributed by atoms with Gasteiger partial charge in [-0.2, -0.15) is 5.10 Å². The van der Waals surface area contributed by atoms with Crippen molar-refractivity contribution in [2.24, 2.45) is 0 Å². The summed E-state index contributed by atoms with van der Waals surface area (Å²) in [5.74, 6) is 0.613. The second-order valence-electron chi connectivity index (χ2n) is 7.94. The summed E-state index contributed by atoms with van der Waals surface area (Å²) in [4.78, 5) is 14.6. The number of aromatic nitrogens is 2. The van der Waals surface area contributed by atoms with Crippen LogP contribution in [-0.4, -0.2) is 46.2 Å². The van der Waals surface area contributed by atoms with Crippen molar-refractivity contribution < 1.29 is 9.53 Å². The van der Waals surface area contributed by atoms with E-state index in [-0.39, 0.29) is 24.3 Å². The minimum Gasteiger partial charge on any atom is -0.381 e. The maximum Gasteiger partial charge on any atom is 0.232 e. The first-order valence-corrected chi connectivity index (χ1v) is 10.4. The first-order valence-electron chi connectivity index (χ1n) is 10.0. The molecule has 0 unspecified atom stereocenters. The third-order valence-corrected chi connectivity index (χ3v) is 6.03. The lowest BCUT2D eigenvalue weighted by atomic mass is 9.85. The molecule has 2 aromatic rings. The molecule has 0 aliphatic carbocycles. The average Bonchev–Trinajstić information content (AvgIpc) is 2.71. The highest BCUT2D eigenvalue weighted by Crippen LogP contribution is 2.38. The van der Waals surface area contributed by atoms with Crippen LogP contribution in [0.3, 0.4) is 0 Å². The summed E-state index contributed by atoms with van der Waals surface area (Å²) < 4.78 is 5.39. The lowest BCUT2D eigenvalue weighted by Crippen LogP contribution is -2.62. The number of carbonyl (C=O) groups excluding carboxylic acids is 1. The van der Waals surface area contributed by atoms with Crippen LogP contribution < -0.4 is 10.6 Å². The number of amides is 1. The number of anilines is 2. The highest BCUT2D eigenvalue weighted by Gasteiger charge is 2.43. The molecule has 2 aliphatic rings. The summed E-state index contributed by atoms with van der Waals surface area (Å²) in [7, 11) is 0. The number of guanidine groups is 1. The van der Waals surface area contributed by atoms with E-state index in [0.29, 0.717) is 29.7 Å². The van der Waals surface area contributed by atoms with E-state index in [0.717, 1.165) is 24.1 Å². The molecule has 158 valence electrons. The summed E-state index contributed by atoms with van der Waals surface area (Å²) >= 11 is 6.73. The van der Waals surface area contributed by atoms with E-state index < -0.39 is 5.54 Å². The summed E-state index contributed by atoms with van der Waals surface area (Å²) in [5.41, 5.74) is 1.45. The number of nitrogens with one attached hydrogen (secondary N) is 3. The number of nitrogens with zero attached hydrogens (tertiary/aromatic N) is 3. The molecule has 0 bridgehead atoms. The molecule has 1 aromatic carbocycles. The second-order valence-corrected chi connectivity index (χ2v) is 8.32. The van der Waals surface area contributed by atoms with Gasteiger partial charge in [0, 0.05) is 19.3 Å². The Morgan fingerprint density at radius 2 is 2.03 bits per heavy atom. The van der Waals surface area contributed by atoms with Crippen LogP contribution in [0.2, 0.25) is 5.02 Å². The van der Waals surface area contributed by atoms with Crippen molar-refractivity contribution in [1.29, 1.82) is 5.41 Å². The molecule has 0 radical (unpaired) electrons. The first kappa shape index (κ1) is 20.6. The third-order valence-electron chi connectivity index (χ3n) is 5.62. The zero-order valence-electron chi connectivity index (χ0n) is 17.0. The first-order chi connectivity index (χ1) is 14.4. The normalized spacial score (nSPS) is 22.7. The van der Waals surface area contributed by atoms with Crippen LogP contribution in [-0.2, 0) is 15.1 Å². The molecule has 3 N–H and O–H groups in total. The van der Waals surface area contributed by atoms with Gasteiger partial charge in [0.25, 0.3) is 0 Å². The summed E-state index contributed by atoms with van der Waals surface area (Å²) in [6.07, 6.45) is 1.69. The van der Waals surface area contributed by atoms with E-state index in [1.54, 1.807) is 4.90 Å². The summed E-state index contributed by atoms with van der Waals surface area (Å²) in [5, 5.41) is 23.6. The van der Waals surface area contributed by atoms with Crippen LogP contribution in [0.25, 0.3) is 0 Å². The van der Waals surface area contributed by atoms with Crippen molar-refractivity contribution in [2.45, 2.75) is 44.7 Å². The van der Waals surface area contributed by atoms with Crippen LogP contribution in [0, 0.1) is 12.3 Å². The topological polar surface area (TPSA) is 103 Å². The summed E-state index contributed by atoms with van der Waals surface area (Å²) in [6.45, 7) is 4.99.